The number of nitrogens with zero attached hydrogens (tertiary/aromatic N) is 2. The molecule has 2 saturated heterocycles. The Balaban J connectivity index is 1.11. The van der Waals surface area contributed by atoms with Crippen LogP contribution < -0.4 is 5.32 Å². The molecule has 2 aliphatic heterocycles. The first-order valence-corrected chi connectivity index (χ1v) is 12.8. The molecule has 3 saturated carbocycles. The summed E-state index contributed by atoms with van der Waals surface area (Å²) in [6, 6.07) is 0.605. The molecule has 3 N–H and O–H groups in total. The number of nitrogens with one attached hydrogen (secondary N) is 1. The number of aliphatic hydroxyl groups excluding tert-OH is 1. The maximum absolute atomic E-state index is 13.1. The molecule has 5 rings (SSSR count). The molecule has 0 aromatic carbocycles. The zero-order valence-electron chi connectivity index (χ0n) is 17.7. The number of carbonyl (C=O) groups is 2. The summed E-state index contributed by atoms with van der Waals surface area (Å²) in [5.74, 6) is 1.84. The lowest BCUT2D eigenvalue weighted by atomic mass is 9.68. The van der Waals surface area contributed by atoms with Crippen LogP contribution in [0, 0.1) is 17.8 Å². The molecule has 0 spiro atoms. The van der Waals surface area contributed by atoms with Gasteiger partial charge in [0.2, 0.25) is 5.91 Å². The minimum Gasteiger partial charge on any atom is -0.393 e. The number of hydrogen-bond acceptors (Lipinski definition) is 6. The Kier molecular flexibility index (Phi) is 5.79. The van der Waals surface area contributed by atoms with Gasteiger partial charge < -0.3 is 25.3 Å². The quantitative estimate of drug-likeness (QED) is 0.605. The molecule has 6 unspecified atom stereocenters. The van der Waals surface area contributed by atoms with Crippen molar-refractivity contribution in [1.82, 2.24) is 15.1 Å². The predicted octanol–water partition coefficient (Wildman–Crippen LogP) is 0.791. The second kappa shape index (κ2) is 8.26. The van der Waals surface area contributed by atoms with E-state index in [1.165, 1.54) is 19.3 Å². The van der Waals surface area contributed by atoms with Crippen LogP contribution in [-0.4, -0.2) is 86.9 Å². The van der Waals surface area contributed by atoms with Crippen LogP contribution in [0.1, 0.15) is 51.4 Å². The number of aliphatic hydroxyl groups is 2. The fourth-order valence-corrected chi connectivity index (χ4v) is 7.47. The summed E-state index contributed by atoms with van der Waals surface area (Å²) in [5, 5.41) is 25.3. The lowest BCUT2D eigenvalue weighted by Gasteiger charge is -2.43. The maximum Gasteiger partial charge on any atom is 0.254 e. The topological polar surface area (TPSA) is 93.1 Å². The van der Waals surface area contributed by atoms with E-state index in [9.17, 15) is 19.8 Å². The largest absolute Gasteiger partial charge is 0.393 e. The van der Waals surface area contributed by atoms with Gasteiger partial charge in [-0.25, -0.2) is 0 Å². The Labute approximate surface area is 182 Å². The number of hydrogen-bond donors (Lipinski definition) is 3. The van der Waals surface area contributed by atoms with Crippen molar-refractivity contribution in [3.8, 4) is 0 Å². The first kappa shape index (κ1) is 21.0. The second-order valence-corrected chi connectivity index (χ2v) is 11.4. The van der Waals surface area contributed by atoms with Gasteiger partial charge in [-0.05, 0) is 63.2 Å². The smallest absolute Gasteiger partial charge is 0.254 e. The summed E-state index contributed by atoms with van der Waals surface area (Å²) in [5.41, 5.74) is -1.12. The minimum absolute atomic E-state index is 0.0948. The standard InChI is InChI=1S/C22H35N3O4S/c26-18-12-15(1-3-16(18)14-2-4-19-17(11-14)23-13-30-19)20(27)24-7-9-25(10-8-24)21(28)22(29)5-6-22/h14-19,23,26,29H,1-13H2. The number of fused-ring (bicyclic) bond motifs is 1. The van der Waals surface area contributed by atoms with E-state index in [1.54, 1.807) is 4.90 Å². The van der Waals surface area contributed by atoms with Gasteiger partial charge in [-0.1, -0.05) is 0 Å². The van der Waals surface area contributed by atoms with E-state index in [1.807, 2.05) is 16.7 Å². The number of carbonyl (C=O) groups excluding carboxylic acids is 2. The van der Waals surface area contributed by atoms with Crippen LogP contribution in [0.2, 0.25) is 0 Å². The molecule has 168 valence electrons. The molecule has 0 aromatic heterocycles. The van der Waals surface area contributed by atoms with Crippen molar-refractivity contribution in [2.24, 2.45) is 17.8 Å². The Morgan fingerprint density at radius 2 is 1.70 bits per heavy atom. The molecule has 0 radical (unpaired) electrons. The zero-order chi connectivity index (χ0) is 20.9. The summed E-state index contributed by atoms with van der Waals surface area (Å²) in [4.78, 5) is 28.9. The maximum atomic E-state index is 13.1. The first-order valence-electron chi connectivity index (χ1n) is 11.8. The van der Waals surface area contributed by atoms with Gasteiger partial charge in [0.1, 0.15) is 5.60 Å². The Hall–Kier alpha value is -0.830. The van der Waals surface area contributed by atoms with Gasteiger partial charge in [0.05, 0.1) is 6.10 Å². The lowest BCUT2D eigenvalue weighted by molar-refractivity contribution is -0.149. The molecule has 6 atom stereocenters. The van der Waals surface area contributed by atoms with Crippen molar-refractivity contribution in [2.45, 2.75) is 74.4 Å². The second-order valence-electron chi connectivity index (χ2n) is 10.1. The number of thioether (sulfide) groups is 1. The molecule has 7 nitrogen and oxygen atoms in total. The van der Waals surface area contributed by atoms with Crippen LogP contribution in [-0.2, 0) is 9.59 Å². The van der Waals surface area contributed by atoms with E-state index < -0.39 is 5.60 Å². The van der Waals surface area contributed by atoms with E-state index >= 15 is 0 Å². The van der Waals surface area contributed by atoms with Gasteiger partial charge in [-0.3, -0.25) is 9.59 Å². The molecule has 2 amide bonds. The Bertz CT molecular complexity index is 679. The van der Waals surface area contributed by atoms with Gasteiger partial charge in [0.15, 0.2) is 0 Å². The Morgan fingerprint density at radius 3 is 2.40 bits per heavy atom. The predicted molar refractivity (Wildman–Crippen MR) is 115 cm³/mol. The van der Waals surface area contributed by atoms with Crippen LogP contribution >= 0.6 is 11.8 Å². The fourth-order valence-electron chi connectivity index (χ4n) is 6.20. The van der Waals surface area contributed by atoms with Crippen molar-refractivity contribution in [2.75, 3.05) is 32.1 Å². The monoisotopic (exact) mass is 437 g/mol. The first-order chi connectivity index (χ1) is 14.4. The molecule has 0 bridgehead atoms. The fraction of sp³-hybridized carbons (Fsp3) is 0.909. The summed E-state index contributed by atoms with van der Waals surface area (Å²) in [7, 11) is 0. The number of amides is 2. The number of piperazine rings is 1. The van der Waals surface area contributed by atoms with Crippen molar-refractivity contribution in [3.05, 3.63) is 0 Å². The van der Waals surface area contributed by atoms with Crippen molar-refractivity contribution < 1.29 is 19.8 Å². The highest BCUT2D eigenvalue weighted by Gasteiger charge is 2.50. The van der Waals surface area contributed by atoms with Crippen molar-refractivity contribution in [3.63, 3.8) is 0 Å². The molecule has 0 aromatic rings. The van der Waals surface area contributed by atoms with Gasteiger partial charge >= 0.3 is 0 Å². The third-order valence-electron chi connectivity index (χ3n) is 8.29. The van der Waals surface area contributed by atoms with Gasteiger partial charge in [0.25, 0.3) is 5.91 Å². The molecule has 5 fully saturated rings. The summed E-state index contributed by atoms with van der Waals surface area (Å²) in [6.07, 6.45) is 6.75. The van der Waals surface area contributed by atoms with E-state index in [4.69, 9.17) is 0 Å². The SMILES string of the molecule is O=C(C1CCC(C2CCC3SCNC3C2)C(O)C1)N1CCN(C(=O)C2(O)CC2)CC1. The average Bonchev–Trinajstić information content (AvgIpc) is 3.34. The lowest BCUT2D eigenvalue weighted by Crippen LogP contribution is -2.55. The van der Waals surface area contributed by atoms with E-state index in [0.717, 1.165) is 24.0 Å². The highest BCUT2D eigenvalue weighted by Crippen LogP contribution is 2.44. The zero-order valence-corrected chi connectivity index (χ0v) is 18.5. The average molecular weight is 438 g/mol. The van der Waals surface area contributed by atoms with E-state index in [2.05, 4.69) is 5.32 Å². The molecule has 2 heterocycles. The normalized spacial score (nSPS) is 40.7. The van der Waals surface area contributed by atoms with Gasteiger partial charge in [-0.2, -0.15) is 0 Å². The van der Waals surface area contributed by atoms with Crippen LogP contribution in [0.4, 0.5) is 0 Å². The van der Waals surface area contributed by atoms with Gasteiger partial charge in [0, 0.05) is 49.3 Å². The molecular weight excluding hydrogens is 402 g/mol. The third kappa shape index (κ3) is 4.00. The molecule has 5 aliphatic rings. The highest BCUT2D eigenvalue weighted by molar-refractivity contribution is 8.00. The van der Waals surface area contributed by atoms with Crippen LogP contribution in [0.3, 0.4) is 0 Å². The van der Waals surface area contributed by atoms with E-state index in [0.29, 0.717) is 63.3 Å². The van der Waals surface area contributed by atoms with Crippen molar-refractivity contribution >= 4 is 23.6 Å². The van der Waals surface area contributed by atoms with Crippen LogP contribution in [0.15, 0.2) is 0 Å². The molecular formula is C22H35N3O4S. The van der Waals surface area contributed by atoms with Crippen LogP contribution in [0.25, 0.3) is 0 Å². The minimum atomic E-state index is -1.12. The summed E-state index contributed by atoms with van der Waals surface area (Å²) < 4.78 is 0. The van der Waals surface area contributed by atoms with Crippen LogP contribution in [0.5, 0.6) is 0 Å². The van der Waals surface area contributed by atoms with E-state index in [-0.39, 0.29) is 23.8 Å². The molecule has 30 heavy (non-hydrogen) atoms. The summed E-state index contributed by atoms with van der Waals surface area (Å²) >= 11 is 2.04. The summed E-state index contributed by atoms with van der Waals surface area (Å²) in [6.45, 7) is 2.07. The number of rotatable bonds is 3. The van der Waals surface area contributed by atoms with Crippen molar-refractivity contribution in [1.29, 1.82) is 0 Å². The third-order valence-corrected chi connectivity index (χ3v) is 9.62. The molecule has 8 heteroatoms. The highest BCUT2D eigenvalue weighted by atomic mass is 32.2. The van der Waals surface area contributed by atoms with Gasteiger partial charge in [-0.15, -0.1) is 11.8 Å². The molecule has 3 aliphatic carbocycles. The Morgan fingerprint density at radius 1 is 0.967 bits per heavy atom.